The zero-order valence-corrected chi connectivity index (χ0v) is 15.8. The van der Waals surface area contributed by atoms with Crippen LogP contribution in [0.4, 0.5) is 0 Å². The Hall–Kier alpha value is -2.60. The van der Waals surface area contributed by atoms with Gasteiger partial charge in [0.2, 0.25) is 0 Å². The third-order valence-electron chi connectivity index (χ3n) is 5.35. The van der Waals surface area contributed by atoms with E-state index >= 15 is 0 Å². The molecule has 27 heavy (non-hydrogen) atoms. The van der Waals surface area contributed by atoms with Gasteiger partial charge in [0.15, 0.2) is 5.69 Å². The zero-order valence-electron chi connectivity index (χ0n) is 15.8. The molecular weight excluding hydrogens is 340 g/mol. The van der Waals surface area contributed by atoms with Crippen LogP contribution in [-0.2, 0) is 25.9 Å². The number of aromatic amines is 1. The summed E-state index contributed by atoms with van der Waals surface area (Å²) in [6, 6.07) is 8.65. The lowest BCUT2D eigenvalue weighted by atomic mass is 9.91. The molecule has 1 aliphatic carbocycles. The van der Waals surface area contributed by atoms with Crippen LogP contribution in [0.2, 0.25) is 0 Å². The van der Waals surface area contributed by atoms with Gasteiger partial charge in [0.25, 0.3) is 0 Å². The number of aromatic carboxylic acids is 1. The number of nitrogens with one attached hydrogen (secondary N) is 2. The van der Waals surface area contributed by atoms with Gasteiger partial charge in [-0.3, -0.25) is 4.68 Å². The van der Waals surface area contributed by atoms with E-state index in [0.29, 0.717) is 5.92 Å². The third-order valence-corrected chi connectivity index (χ3v) is 5.35. The first kappa shape index (κ1) is 17.8. The molecule has 2 aromatic heterocycles. The molecule has 0 aliphatic heterocycles. The van der Waals surface area contributed by atoms with E-state index in [9.17, 15) is 9.90 Å². The number of H-pyrrole nitrogens is 1. The molecule has 3 N–H and O–H groups in total. The number of aromatic nitrogens is 3. The molecule has 4 rings (SSSR count). The van der Waals surface area contributed by atoms with E-state index < -0.39 is 5.97 Å². The number of rotatable bonds is 6. The number of nitrogens with zero attached hydrogens (tertiary/aromatic N) is 2. The molecule has 142 valence electrons. The van der Waals surface area contributed by atoms with Crippen molar-refractivity contribution in [2.45, 2.75) is 52.2 Å². The Morgan fingerprint density at radius 1 is 1.41 bits per heavy atom. The number of benzene rings is 1. The maximum atomic E-state index is 11.7. The number of hydrogen-bond acceptors (Lipinski definition) is 3. The maximum absolute atomic E-state index is 11.7. The molecule has 1 atom stereocenters. The van der Waals surface area contributed by atoms with Crippen molar-refractivity contribution in [3.05, 3.63) is 53.0 Å². The van der Waals surface area contributed by atoms with Crippen molar-refractivity contribution in [2.24, 2.45) is 5.92 Å². The quantitative estimate of drug-likeness (QED) is 0.625. The molecule has 0 fully saturated rings. The summed E-state index contributed by atoms with van der Waals surface area (Å²) in [7, 11) is 0. The van der Waals surface area contributed by atoms with E-state index in [1.807, 2.05) is 10.9 Å². The molecule has 1 aromatic carbocycles. The van der Waals surface area contributed by atoms with Gasteiger partial charge in [-0.15, -0.1) is 0 Å². The van der Waals surface area contributed by atoms with Crippen LogP contribution in [0.15, 0.2) is 30.5 Å². The minimum Gasteiger partial charge on any atom is -0.476 e. The highest BCUT2D eigenvalue weighted by molar-refractivity contribution is 5.87. The second-order valence-corrected chi connectivity index (χ2v) is 7.83. The summed E-state index contributed by atoms with van der Waals surface area (Å²) in [4.78, 5) is 14.9. The van der Waals surface area contributed by atoms with Gasteiger partial charge in [-0.1, -0.05) is 26.0 Å². The first-order valence-corrected chi connectivity index (χ1v) is 9.63. The summed E-state index contributed by atoms with van der Waals surface area (Å²) >= 11 is 0. The van der Waals surface area contributed by atoms with Crippen LogP contribution in [0.1, 0.15) is 47.6 Å². The lowest BCUT2D eigenvalue weighted by Gasteiger charge is -2.25. The summed E-state index contributed by atoms with van der Waals surface area (Å²) in [5.41, 5.74) is 4.64. The van der Waals surface area contributed by atoms with Crippen molar-refractivity contribution in [3.63, 3.8) is 0 Å². The Balaban J connectivity index is 1.52. The van der Waals surface area contributed by atoms with E-state index in [1.54, 1.807) is 0 Å². The third kappa shape index (κ3) is 3.49. The van der Waals surface area contributed by atoms with E-state index in [1.165, 1.54) is 10.9 Å². The molecule has 6 nitrogen and oxygen atoms in total. The maximum Gasteiger partial charge on any atom is 0.356 e. The largest absolute Gasteiger partial charge is 0.476 e. The fraction of sp³-hybridized carbons (Fsp3) is 0.429. The van der Waals surface area contributed by atoms with Gasteiger partial charge in [-0.2, -0.15) is 5.10 Å². The summed E-state index contributed by atoms with van der Waals surface area (Å²) in [5.74, 6) is -0.486. The highest BCUT2D eigenvalue weighted by atomic mass is 16.4. The normalized spacial score (nSPS) is 16.8. The van der Waals surface area contributed by atoms with Gasteiger partial charge in [-0.05, 0) is 42.9 Å². The van der Waals surface area contributed by atoms with Crippen LogP contribution in [0, 0.1) is 5.92 Å². The summed E-state index contributed by atoms with van der Waals surface area (Å²) < 4.78 is 1.92. The van der Waals surface area contributed by atoms with E-state index in [4.69, 9.17) is 0 Å². The number of carbonyl (C=O) groups is 1. The van der Waals surface area contributed by atoms with E-state index in [0.717, 1.165) is 49.1 Å². The van der Waals surface area contributed by atoms with Gasteiger partial charge in [0.05, 0.1) is 0 Å². The lowest BCUT2D eigenvalue weighted by Crippen LogP contribution is -2.35. The molecule has 0 amide bonds. The first-order valence-electron chi connectivity index (χ1n) is 9.63. The van der Waals surface area contributed by atoms with Crippen LogP contribution in [0.25, 0.3) is 10.9 Å². The second kappa shape index (κ2) is 7.19. The topological polar surface area (TPSA) is 82.9 Å². The monoisotopic (exact) mass is 366 g/mol. The molecule has 0 radical (unpaired) electrons. The summed E-state index contributed by atoms with van der Waals surface area (Å²) in [5, 5.41) is 18.8. The average molecular weight is 366 g/mol. The van der Waals surface area contributed by atoms with Crippen LogP contribution in [-0.4, -0.2) is 31.9 Å². The second-order valence-electron chi connectivity index (χ2n) is 7.83. The number of fused-ring (bicyclic) bond motifs is 2. The molecule has 2 heterocycles. The molecule has 6 heteroatoms. The molecular formula is C21H26N4O2. The van der Waals surface area contributed by atoms with Crippen LogP contribution in [0.5, 0.6) is 0 Å². The molecule has 0 saturated heterocycles. The Bertz CT molecular complexity index is 970. The van der Waals surface area contributed by atoms with Gasteiger partial charge >= 0.3 is 5.97 Å². The fourth-order valence-electron chi connectivity index (χ4n) is 4.09. The number of carboxylic acid groups (broad SMARTS) is 1. The molecule has 0 saturated carbocycles. The van der Waals surface area contributed by atoms with Crippen LogP contribution in [0.3, 0.4) is 0 Å². The average Bonchev–Trinajstić information content (AvgIpc) is 3.24. The minimum absolute atomic E-state index is 0.227. The lowest BCUT2D eigenvalue weighted by molar-refractivity contribution is 0.0688. The summed E-state index contributed by atoms with van der Waals surface area (Å²) in [6.45, 7) is 5.80. The van der Waals surface area contributed by atoms with Crippen LogP contribution >= 0.6 is 0 Å². The smallest absolute Gasteiger partial charge is 0.356 e. The molecule has 1 aliphatic rings. The van der Waals surface area contributed by atoms with Crippen molar-refractivity contribution >= 4 is 16.9 Å². The van der Waals surface area contributed by atoms with Gasteiger partial charge < -0.3 is 15.4 Å². The predicted molar refractivity (Wildman–Crippen MR) is 105 cm³/mol. The van der Waals surface area contributed by atoms with Crippen molar-refractivity contribution in [3.8, 4) is 0 Å². The predicted octanol–water partition coefficient (Wildman–Crippen LogP) is 3.37. The Morgan fingerprint density at radius 2 is 2.26 bits per heavy atom. The number of carboxylic acids is 1. The first-order chi connectivity index (χ1) is 13.0. The van der Waals surface area contributed by atoms with Crippen molar-refractivity contribution < 1.29 is 9.90 Å². The molecule has 1 unspecified atom stereocenters. The Morgan fingerprint density at radius 3 is 3.04 bits per heavy atom. The molecule has 0 spiro atoms. The highest BCUT2D eigenvalue weighted by Crippen LogP contribution is 2.26. The van der Waals surface area contributed by atoms with E-state index in [-0.39, 0.29) is 11.7 Å². The number of hydrogen-bond donors (Lipinski definition) is 3. The van der Waals surface area contributed by atoms with E-state index in [2.05, 4.69) is 53.5 Å². The minimum atomic E-state index is -0.925. The highest BCUT2D eigenvalue weighted by Gasteiger charge is 2.29. The van der Waals surface area contributed by atoms with Crippen molar-refractivity contribution in [1.82, 2.24) is 20.1 Å². The fourth-order valence-corrected chi connectivity index (χ4v) is 4.09. The van der Waals surface area contributed by atoms with Gasteiger partial charge in [0.1, 0.15) is 0 Å². The Labute approximate surface area is 158 Å². The Kier molecular flexibility index (Phi) is 4.74. The van der Waals surface area contributed by atoms with Gasteiger partial charge in [0, 0.05) is 47.5 Å². The summed E-state index contributed by atoms with van der Waals surface area (Å²) in [6.07, 6.45) is 4.55. The SMILES string of the molecule is CC(C)Cn1nc(C(=O)O)c2c1CCC(NCc1cccc3[nH]ccc13)C2. The van der Waals surface area contributed by atoms with Crippen molar-refractivity contribution in [2.75, 3.05) is 0 Å². The zero-order chi connectivity index (χ0) is 19.0. The van der Waals surface area contributed by atoms with Crippen molar-refractivity contribution in [1.29, 1.82) is 0 Å². The molecule has 3 aromatic rings. The van der Waals surface area contributed by atoms with Crippen LogP contribution < -0.4 is 5.32 Å². The molecule has 0 bridgehead atoms. The van der Waals surface area contributed by atoms with Gasteiger partial charge in [-0.25, -0.2) is 4.79 Å². The standard InChI is InChI=1S/C21H26N4O2/c1-13(2)12-25-19-7-6-15(10-17(19)20(24-25)21(26)27)23-11-14-4-3-5-18-16(14)8-9-22-18/h3-5,8-9,13,15,22-23H,6-7,10-12H2,1-2H3,(H,26,27).